The van der Waals surface area contributed by atoms with Crippen LogP contribution in [-0.4, -0.2) is 18.5 Å². The van der Waals surface area contributed by atoms with Crippen molar-refractivity contribution in [2.75, 3.05) is 11.9 Å². The number of aryl methyl sites for hydroxylation is 1. The normalized spacial score (nSPS) is 14.1. The van der Waals surface area contributed by atoms with Crippen LogP contribution >= 0.6 is 0 Å². The average molecular weight is 247 g/mol. The van der Waals surface area contributed by atoms with E-state index in [1.807, 2.05) is 31.2 Å². The molecule has 1 aromatic rings. The molecule has 2 rings (SSSR count). The standard InChI is InChI=1S/C14H17NO3/c1-2-10-5-3-4-6-12(10)15-13(16)9-18-14(17)11-7-8-11/h3-6,11H,2,7-9H2,1H3,(H,15,16). The van der Waals surface area contributed by atoms with Gasteiger partial charge in [0.1, 0.15) is 0 Å². The Bertz CT molecular complexity index is 452. The third-order valence-electron chi connectivity index (χ3n) is 2.93. The van der Waals surface area contributed by atoms with Gasteiger partial charge in [-0.25, -0.2) is 0 Å². The zero-order valence-corrected chi connectivity index (χ0v) is 10.4. The predicted octanol–water partition coefficient (Wildman–Crippen LogP) is 2.14. The highest BCUT2D eigenvalue weighted by molar-refractivity contribution is 5.93. The van der Waals surface area contributed by atoms with Crippen molar-refractivity contribution in [1.82, 2.24) is 0 Å². The zero-order chi connectivity index (χ0) is 13.0. The number of benzene rings is 1. The molecule has 1 amide bonds. The molecule has 1 aliphatic rings. The lowest BCUT2D eigenvalue weighted by Crippen LogP contribution is -2.22. The first-order valence-corrected chi connectivity index (χ1v) is 6.25. The monoisotopic (exact) mass is 247 g/mol. The summed E-state index contributed by atoms with van der Waals surface area (Å²) in [5.41, 5.74) is 1.85. The van der Waals surface area contributed by atoms with Crippen LogP contribution in [0.15, 0.2) is 24.3 Å². The fourth-order valence-electron chi connectivity index (χ4n) is 1.71. The Morgan fingerprint density at radius 1 is 1.33 bits per heavy atom. The first-order chi connectivity index (χ1) is 8.70. The number of rotatable bonds is 5. The van der Waals surface area contributed by atoms with Crippen molar-refractivity contribution >= 4 is 17.6 Å². The number of hydrogen-bond donors (Lipinski definition) is 1. The fourth-order valence-corrected chi connectivity index (χ4v) is 1.71. The topological polar surface area (TPSA) is 55.4 Å². The SMILES string of the molecule is CCc1ccccc1NC(=O)COC(=O)C1CC1. The summed E-state index contributed by atoms with van der Waals surface area (Å²) in [6.45, 7) is 1.82. The van der Waals surface area contributed by atoms with Crippen molar-refractivity contribution in [3.63, 3.8) is 0 Å². The van der Waals surface area contributed by atoms with Crippen LogP contribution in [0.4, 0.5) is 5.69 Å². The molecule has 0 aliphatic heterocycles. The Kier molecular flexibility index (Phi) is 3.97. The molecule has 0 radical (unpaired) electrons. The highest BCUT2D eigenvalue weighted by Crippen LogP contribution is 2.29. The van der Waals surface area contributed by atoms with Crippen molar-refractivity contribution < 1.29 is 14.3 Å². The van der Waals surface area contributed by atoms with Crippen LogP contribution in [0.5, 0.6) is 0 Å². The smallest absolute Gasteiger partial charge is 0.309 e. The maximum atomic E-state index is 11.6. The first-order valence-electron chi connectivity index (χ1n) is 6.25. The number of para-hydroxylation sites is 1. The molecule has 0 spiro atoms. The second-order valence-corrected chi connectivity index (χ2v) is 4.44. The Balaban J connectivity index is 1.84. The lowest BCUT2D eigenvalue weighted by atomic mass is 10.1. The van der Waals surface area contributed by atoms with E-state index in [0.29, 0.717) is 0 Å². The molecule has 0 atom stereocenters. The van der Waals surface area contributed by atoms with E-state index in [9.17, 15) is 9.59 Å². The molecule has 1 N–H and O–H groups in total. The van der Waals surface area contributed by atoms with Gasteiger partial charge in [0.25, 0.3) is 5.91 Å². The van der Waals surface area contributed by atoms with Gasteiger partial charge in [-0.2, -0.15) is 0 Å². The quantitative estimate of drug-likeness (QED) is 0.811. The van der Waals surface area contributed by atoms with E-state index in [1.165, 1.54) is 0 Å². The van der Waals surface area contributed by atoms with Crippen LogP contribution in [-0.2, 0) is 20.7 Å². The van der Waals surface area contributed by atoms with Gasteiger partial charge in [0, 0.05) is 5.69 Å². The molecule has 0 unspecified atom stereocenters. The molecule has 1 aromatic carbocycles. The average Bonchev–Trinajstić information content (AvgIpc) is 3.21. The van der Waals surface area contributed by atoms with Crippen LogP contribution in [0.3, 0.4) is 0 Å². The number of carbonyl (C=O) groups excluding carboxylic acids is 2. The first kappa shape index (κ1) is 12.6. The second kappa shape index (κ2) is 5.67. The van der Waals surface area contributed by atoms with E-state index >= 15 is 0 Å². The Morgan fingerprint density at radius 2 is 2.06 bits per heavy atom. The summed E-state index contributed by atoms with van der Waals surface area (Å²) in [5, 5.41) is 2.76. The summed E-state index contributed by atoms with van der Waals surface area (Å²) in [6, 6.07) is 7.61. The number of ether oxygens (including phenoxy) is 1. The molecular weight excluding hydrogens is 230 g/mol. The maximum absolute atomic E-state index is 11.6. The van der Waals surface area contributed by atoms with Gasteiger partial charge in [-0.1, -0.05) is 25.1 Å². The van der Waals surface area contributed by atoms with Crippen LogP contribution in [0.25, 0.3) is 0 Å². The molecule has 4 nitrogen and oxygen atoms in total. The van der Waals surface area contributed by atoms with Gasteiger partial charge in [-0.3, -0.25) is 9.59 Å². The summed E-state index contributed by atoms with van der Waals surface area (Å²) >= 11 is 0. The number of carbonyl (C=O) groups is 2. The molecule has 0 bridgehead atoms. The van der Waals surface area contributed by atoms with Gasteiger partial charge in [0.05, 0.1) is 5.92 Å². The zero-order valence-electron chi connectivity index (χ0n) is 10.4. The summed E-state index contributed by atoms with van der Waals surface area (Å²) in [6.07, 6.45) is 2.62. The Morgan fingerprint density at radius 3 is 2.72 bits per heavy atom. The van der Waals surface area contributed by atoms with Gasteiger partial charge in [0.15, 0.2) is 6.61 Å². The molecule has 96 valence electrons. The van der Waals surface area contributed by atoms with Gasteiger partial charge in [0.2, 0.25) is 0 Å². The van der Waals surface area contributed by atoms with Crippen molar-refractivity contribution in [2.24, 2.45) is 5.92 Å². The molecule has 4 heteroatoms. The van der Waals surface area contributed by atoms with Crippen molar-refractivity contribution in [3.8, 4) is 0 Å². The number of anilines is 1. The summed E-state index contributed by atoms with van der Waals surface area (Å²) in [7, 11) is 0. The van der Waals surface area contributed by atoms with E-state index in [4.69, 9.17) is 4.74 Å². The van der Waals surface area contributed by atoms with E-state index in [2.05, 4.69) is 5.32 Å². The van der Waals surface area contributed by atoms with E-state index in [-0.39, 0.29) is 24.4 Å². The third-order valence-corrected chi connectivity index (χ3v) is 2.93. The molecule has 1 aliphatic carbocycles. The Hall–Kier alpha value is -1.84. The van der Waals surface area contributed by atoms with Crippen LogP contribution in [0.2, 0.25) is 0 Å². The van der Waals surface area contributed by atoms with Gasteiger partial charge < -0.3 is 10.1 Å². The van der Waals surface area contributed by atoms with Crippen molar-refractivity contribution in [1.29, 1.82) is 0 Å². The molecule has 1 saturated carbocycles. The van der Waals surface area contributed by atoms with Crippen LogP contribution in [0, 0.1) is 5.92 Å². The minimum atomic E-state index is -0.287. The number of hydrogen-bond acceptors (Lipinski definition) is 3. The van der Waals surface area contributed by atoms with Gasteiger partial charge in [-0.15, -0.1) is 0 Å². The van der Waals surface area contributed by atoms with Crippen molar-refractivity contribution in [2.45, 2.75) is 26.2 Å². The van der Waals surface area contributed by atoms with Gasteiger partial charge >= 0.3 is 5.97 Å². The molecular formula is C14H17NO3. The molecule has 1 fully saturated rings. The summed E-state index contributed by atoms with van der Waals surface area (Å²) in [5.74, 6) is -0.514. The minimum Gasteiger partial charge on any atom is -0.455 e. The second-order valence-electron chi connectivity index (χ2n) is 4.44. The fraction of sp³-hybridized carbons (Fsp3) is 0.429. The number of esters is 1. The highest BCUT2D eigenvalue weighted by Gasteiger charge is 2.31. The largest absolute Gasteiger partial charge is 0.455 e. The molecule has 0 saturated heterocycles. The molecule has 0 aromatic heterocycles. The Labute approximate surface area is 106 Å². The van der Waals surface area contributed by atoms with Crippen LogP contribution < -0.4 is 5.32 Å². The predicted molar refractivity (Wildman–Crippen MR) is 68.1 cm³/mol. The number of amides is 1. The van der Waals surface area contributed by atoms with Gasteiger partial charge in [-0.05, 0) is 30.9 Å². The lowest BCUT2D eigenvalue weighted by Gasteiger charge is -2.09. The van der Waals surface area contributed by atoms with E-state index in [1.54, 1.807) is 0 Å². The third kappa shape index (κ3) is 3.32. The minimum absolute atomic E-state index is 0.0285. The summed E-state index contributed by atoms with van der Waals surface area (Å²) < 4.78 is 4.92. The molecule has 18 heavy (non-hydrogen) atoms. The maximum Gasteiger partial charge on any atom is 0.309 e. The van der Waals surface area contributed by atoms with Crippen LogP contribution in [0.1, 0.15) is 25.3 Å². The number of nitrogens with one attached hydrogen (secondary N) is 1. The molecule has 0 heterocycles. The van der Waals surface area contributed by atoms with Crippen molar-refractivity contribution in [3.05, 3.63) is 29.8 Å². The van der Waals surface area contributed by atoms with E-state index in [0.717, 1.165) is 30.5 Å². The lowest BCUT2D eigenvalue weighted by molar-refractivity contribution is -0.148. The highest BCUT2D eigenvalue weighted by atomic mass is 16.5. The van der Waals surface area contributed by atoms with E-state index < -0.39 is 0 Å². The summed E-state index contributed by atoms with van der Waals surface area (Å²) in [4.78, 5) is 22.9.